The Morgan fingerprint density at radius 2 is 1.84 bits per heavy atom. The van der Waals surface area contributed by atoms with E-state index in [0.717, 1.165) is 11.3 Å². The molecule has 0 saturated heterocycles. The van der Waals surface area contributed by atoms with Crippen LogP contribution in [0.3, 0.4) is 0 Å². The number of anilines is 2. The third-order valence-electron chi connectivity index (χ3n) is 2.75. The van der Waals surface area contributed by atoms with Gasteiger partial charge in [-0.05, 0) is 31.5 Å². The minimum Gasteiger partial charge on any atom is -0.390 e. The van der Waals surface area contributed by atoms with Crippen molar-refractivity contribution in [3.8, 4) is 0 Å². The topological polar surface area (TPSA) is 72.2 Å². The van der Waals surface area contributed by atoms with Gasteiger partial charge in [0.15, 0.2) is 5.78 Å². The van der Waals surface area contributed by atoms with Crippen molar-refractivity contribution in [2.24, 2.45) is 0 Å². The summed E-state index contributed by atoms with van der Waals surface area (Å²) in [5.41, 5.74) is 7.57. The number of Topliss-reactive ketones (excluding diaryl/α,β-unsaturated/α-hetero) is 1. The highest BCUT2D eigenvalue weighted by Crippen LogP contribution is 2.31. The maximum absolute atomic E-state index is 12.2. The summed E-state index contributed by atoms with van der Waals surface area (Å²) in [6.07, 6.45) is 0. The molecule has 2 aromatic rings. The zero-order chi connectivity index (χ0) is 14.0. The molecule has 4 nitrogen and oxygen atoms in total. The SMILES string of the molecule is CC(=O)c1sc(N)c(C(=O)Nc2ccccc2)c1C. The van der Waals surface area contributed by atoms with Crippen molar-refractivity contribution < 1.29 is 9.59 Å². The van der Waals surface area contributed by atoms with Crippen LogP contribution in [-0.2, 0) is 0 Å². The molecule has 98 valence electrons. The molecule has 3 N–H and O–H groups in total. The van der Waals surface area contributed by atoms with Crippen LogP contribution in [0.4, 0.5) is 10.7 Å². The first-order chi connectivity index (χ1) is 9.00. The zero-order valence-corrected chi connectivity index (χ0v) is 11.5. The van der Waals surface area contributed by atoms with Gasteiger partial charge < -0.3 is 11.1 Å². The number of ketones is 1. The number of hydrogen-bond acceptors (Lipinski definition) is 4. The van der Waals surface area contributed by atoms with Gasteiger partial charge in [0.05, 0.1) is 15.4 Å². The van der Waals surface area contributed by atoms with E-state index in [1.807, 2.05) is 18.2 Å². The maximum atomic E-state index is 12.2. The summed E-state index contributed by atoms with van der Waals surface area (Å²) in [5.74, 6) is -0.363. The molecular formula is C14H14N2O2S. The Morgan fingerprint density at radius 1 is 1.21 bits per heavy atom. The fourth-order valence-electron chi connectivity index (χ4n) is 1.87. The standard InChI is InChI=1S/C14H14N2O2S/c1-8-11(13(15)19-12(8)9(2)17)14(18)16-10-6-4-3-5-7-10/h3-7H,15H2,1-2H3,(H,16,18). The fourth-order valence-corrected chi connectivity index (χ4v) is 2.84. The Bertz CT molecular complexity index is 632. The third-order valence-corrected chi connectivity index (χ3v) is 3.97. The Labute approximate surface area is 115 Å². The van der Waals surface area contributed by atoms with Crippen LogP contribution >= 0.6 is 11.3 Å². The Morgan fingerprint density at radius 3 is 2.37 bits per heavy atom. The number of rotatable bonds is 3. The number of nitrogen functional groups attached to an aromatic ring is 1. The van der Waals surface area contributed by atoms with Gasteiger partial charge in [0.2, 0.25) is 0 Å². The molecule has 1 amide bonds. The predicted molar refractivity (Wildman–Crippen MR) is 77.9 cm³/mol. The number of carbonyl (C=O) groups excluding carboxylic acids is 2. The monoisotopic (exact) mass is 274 g/mol. The van der Waals surface area contributed by atoms with Gasteiger partial charge in [0, 0.05) is 5.69 Å². The first kappa shape index (κ1) is 13.3. The van der Waals surface area contributed by atoms with Crippen LogP contribution in [0.15, 0.2) is 30.3 Å². The number of hydrogen-bond donors (Lipinski definition) is 2. The fraction of sp³-hybridized carbons (Fsp3) is 0.143. The summed E-state index contributed by atoms with van der Waals surface area (Å²) < 4.78 is 0. The highest BCUT2D eigenvalue weighted by atomic mass is 32.1. The summed E-state index contributed by atoms with van der Waals surface area (Å²) >= 11 is 1.16. The maximum Gasteiger partial charge on any atom is 0.258 e. The number of amides is 1. The van der Waals surface area contributed by atoms with Crippen LogP contribution in [0, 0.1) is 6.92 Å². The van der Waals surface area contributed by atoms with E-state index in [-0.39, 0.29) is 11.7 Å². The smallest absolute Gasteiger partial charge is 0.258 e. The Hall–Kier alpha value is -2.14. The van der Waals surface area contributed by atoms with Gasteiger partial charge in [-0.25, -0.2) is 0 Å². The van der Waals surface area contributed by atoms with Crippen LogP contribution in [0.1, 0.15) is 32.5 Å². The van der Waals surface area contributed by atoms with Crippen LogP contribution < -0.4 is 11.1 Å². The molecule has 0 atom stereocenters. The van der Waals surface area contributed by atoms with Crippen molar-refractivity contribution in [3.05, 3.63) is 46.3 Å². The summed E-state index contributed by atoms with van der Waals surface area (Å²) in [7, 11) is 0. The third kappa shape index (κ3) is 2.66. The molecular weight excluding hydrogens is 260 g/mol. The molecule has 0 saturated carbocycles. The number of benzene rings is 1. The van der Waals surface area contributed by atoms with Crippen LogP contribution in [0.25, 0.3) is 0 Å². The van der Waals surface area contributed by atoms with Crippen LogP contribution in [-0.4, -0.2) is 11.7 Å². The second-order valence-electron chi connectivity index (χ2n) is 4.17. The average Bonchev–Trinajstić information content (AvgIpc) is 2.66. The molecule has 1 heterocycles. The second kappa shape index (κ2) is 5.24. The zero-order valence-electron chi connectivity index (χ0n) is 10.7. The lowest BCUT2D eigenvalue weighted by Crippen LogP contribution is -2.14. The molecule has 0 bridgehead atoms. The lowest BCUT2D eigenvalue weighted by Gasteiger charge is -2.05. The number of nitrogens with two attached hydrogens (primary N) is 1. The van der Waals surface area contributed by atoms with E-state index in [2.05, 4.69) is 5.32 Å². The Balaban J connectivity index is 2.32. The highest BCUT2D eigenvalue weighted by Gasteiger charge is 2.21. The molecule has 2 rings (SSSR count). The molecule has 0 fully saturated rings. The van der Waals surface area contributed by atoms with Gasteiger partial charge in [-0.2, -0.15) is 0 Å². The quantitative estimate of drug-likeness (QED) is 0.845. The van der Waals surface area contributed by atoms with Gasteiger partial charge in [0.1, 0.15) is 0 Å². The van der Waals surface area contributed by atoms with Crippen molar-refractivity contribution in [1.82, 2.24) is 0 Å². The van der Waals surface area contributed by atoms with Gasteiger partial charge in [-0.1, -0.05) is 18.2 Å². The largest absolute Gasteiger partial charge is 0.390 e. The molecule has 19 heavy (non-hydrogen) atoms. The first-order valence-corrected chi connectivity index (χ1v) is 6.58. The van der Waals surface area contributed by atoms with Gasteiger partial charge in [0.25, 0.3) is 5.91 Å². The van der Waals surface area contributed by atoms with E-state index in [9.17, 15) is 9.59 Å². The molecule has 1 aromatic carbocycles. The molecule has 0 aliphatic rings. The van der Waals surface area contributed by atoms with Crippen LogP contribution in [0.5, 0.6) is 0 Å². The molecule has 0 aliphatic carbocycles. The molecule has 5 heteroatoms. The first-order valence-electron chi connectivity index (χ1n) is 5.77. The lowest BCUT2D eigenvalue weighted by molar-refractivity contribution is 0.102. The summed E-state index contributed by atoms with van der Waals surface area (Å²) in [5, 5.41) is 3.14. The van der Waals surface area contributed by atoms with Gasteiger partial charge >= 0.3 is 0 Å². The second-order valence-corrected chi connectivity index (χ2v) is 5.22. The van der Waals surface area contributed by atoms with Gasteiger partial charge in [-0.15, -0.1) is 11.3 Å². The van der Waals surface area contributed by atoms with Crippen molar-refractivity contribution in [3.63, 3.8) is 0 Å². The molecule has 0 aliphatic heterocycles. The minimum absolute atomic E-state index is 0.0760. The average molecular weight is 274 g/mol. The number of carbonyl (C=O) groups is 2. The van der Waals surface area contributed by atoms with Crippen molar-refractivity contribution in [2.75, 3.05) is 11.1 Å². The van der Waals surface area contributed by atoms with E-state index >= 15 is 0 Å². The van der Waals surface area contributed by atoms with E-state index in [4.69, 9.17) is 5.73 Å². The number of thiophene rings is 1. The minimum atomic E-state index is -0.287. The summed E-state index contributed by atoms with van der Waals surface area (Å²) in [4.78, 5) is 24.2. The van der Waals surface area contributed by atoms with E-state index in [0.29, 0.717) is 26.7 Å². The summed E-state index contributed by atoms with van der Waals surface area (Å²) in [6.45, 7) is 3.21. The van der Waals surface area contributed by atoms with Gasteiger partial charge in [-0.3, -0.25) is 9.59 Å². The van der Waals surface area contributed by atoms with Crippen molar-refractivity contribution in [1.29, 1.82) is 0 Å². The summed E-state index contributed by atoms with van der Waals surface area (Å²) in [6, 6.07) is 9.12. The Kier molecular flexibility index (Phi) is 3.66. The molecule has 0 radical (unpaired) electrons. The molecule has 0 unspecified atom stereocenters. The molecule has 0 spiro atoms. The number of nitrogens with one attached hydrogen (secondary N) is 1. The normalized spacial score (nSPS) is 10.2. The van der Waals surface area contributed by atoms with Crippen molar-refractivity contribution >= 4 is 33.7 Å². The van der Waals surface area contributed by atoms with E-state index in [1.54, 1.807) is 19.1 Å². The van der Waals surface area contributed by atoms with Crippen LogP contribution in [0.2, 0.25) is 0 Å². The van der Waals surface area contributed by atoms with E-state index in [1.165, 1.54) is 6.92 Å². The van der Waals surface area contributed by atoms with E-state index < -0.39 is 0 Å². The highest BCUT2D eigenvalue weighted by molar-refractivity contribution is 7.18. The number of para-hydroxylation sites is 1. The lowest BCUT2D eigenvalue weighted by atomic mass is 10.1. The predicted octanol–water partition coefficient (Wildman–Crippen LogP) is 3.09. The van der Waals surface area contributed by atoms with Crippen molar-refractivity contribution in [2.45, 2.75) is 13.8 Å². The molecule has 1 aromatic heterocycles.